The molecule has 0 aromatic carbocycles. The van der Waals surface area contributed by atoms with Crippen LogP contribution in [-0.2, 0) is 23.4 Å². The molecule has 19 heteroatoms. The molecule has 0 radical (unpaired) electrons. The molecule has 0 bridgehead atoms. The molecule has 0 aliphatic carbocycles. The molecule has 234 valence electrons. The number of aromatic nitrogens is 2. The molecular formula is C22H37N4O14P. The summed E-state index contributed by atoms with van der Waals surface area (Å²) in [4.78, 5) is 37.7. The molecule has 11 N–H and O–H groups in total. The third-order valence-electron chi connectivity index (χ3n) is 7.07. The maximum atomic E-state index is 12.8. The number of hydrogen-bond donors (Lipinski definition) is 10. The first-order chi connectivity index (χ1) is 19.1. The molecule has 0 spiro atoms. The van der Waals surface area contributed by atoms with E-state index in [2.05, 4.69) is 10.3 Å². The first-order valence-corrected chi connectivity index (χ1v) is 14.4. The van der Waals surface area contributed by atoms with Crippen LogP contribution >= 0.6 is 7.60 Å². The third-order valence-corrected chi connectivity index (χ3v) is 8.41. The van der Waals surface area contributed by atoms with Gasteiger partial charge in [0.15, 0.2) is 6.23 Å². The Bertz CT molecular complexity index is 1160. The maximum Gasteiger partial charge on any atom is 0.351 e. The van der Waals surface area contributed by atoms with Crippen molar-refractivity contribution in [2.45, 2.75) is 80.4 Å². The Morgan fingerprint density at radius 2 is 2.00 bits per heavy atom. The van der Waals surface area contributed by atoms with E-state index in [1.54, 1.807) is 0 Å². The average Bonchev–Trinajstić information content (AvgIpc) is 3.19. The highest BCUT2D eigenvalue weighted by molar-refractivity contribution is 7.52. The lowest BCUT2D eigenvalue weighted by Crippen LogP contribution is -2.66. The number of carbonyl (C=O) groups excluding carboxylic acids is 1. The van der Waals surface area contributed by atoms with Crippen LogP contribution in [0.15, 0.2) is 17.1 Å². The van der Waals surface area contributed by atoms with Gasteiger partial charge in [-0.1, -0.05) is 0 Å². The Morgan fingerprint density at radius 3 is 2.59 bits per heavy atom. The van der Waals surface area contributed by atoms with Gasteiger partial charge in [-0.15, -0.1) is 0 Å². The number of aliphatic hydroxyl groups excluding tert-OH is 7. The summed E-state index contributed by atoms with van der Waals surface area (Å²) >= 11 is 0. The molecule has 2 unspecified atom stereocenters. The lowest BCUT2D eigenvalue weighted by Gasteiger charge is -2.48. The van der Waals surface area contributed by atoms with Crippen molar-refractivity contribution in [1.82, 2.24) is 14.9 Å². The highest BCUT2D eigenvalue weighted by Crippen LogP contribution is 2.47. The summed E-state index contributed by atoms with van der Waals surface area (Å²) < 4.78 is 30.1. The molecule has 1 aromatic rings. The van der Waals surface area contributed by atoms with Crippen LogP contribution in [0.3, 0.4) is 0 Å². The van der Waals surface area contributed by atoms with Crippen LogP contribution in [0.2, 0.25) is 0 Å². The Hall–Kier alpha value is -2.06. The van der Waals surface area contributed by atoms with E-state index in [1.807, 2.05) is 0 Å². The normalized spacial score (nSPS) is 35.0. The zero-order valence-corrected chi connectivity index (χ0v) is 22.9. The second-order valence-electron chi connectivity index (χ2n) is 10.2. The van der Waals surface area contributed by atoms with Crippen LogP contribution < -0.4 is 16.7 Å². The number of hydrogen-bond acceptors (Lipinski definition) is 15. The predicted molar refractivity (Wildman–Crippen MR) is 136 cm³/mol. The predicted octanol–water partition coefficient (Wildman–Crippen LogP) is -4.86. The SMILES string of the molecule is CC(=O)N[C@H]1[C@H]([C@H](O)[C@H](O)CO)OC(CO)(CCP(=O)(O)OC[C@H]2O[C@@H](n3ccc(N)nc3=O)[C@H](O)[C@@H]2O)C[C@@H]1O. The molecule has 2 saturated heterocycles. The monoisotopic (exact) mass is 612 g/mol. The van der Waals surface area contributed by atoms with Gasteiger partial charge in [0, 0.05) is 19.5 Å². The fourth-order valence-corrected chi connectivity index (χ4v) is 6.02. The summed E-state index contributed by atoms with van der Waals surface area (Å²) in [7, 11) is -4.51. The van der Waals surface area contributed by atoms with Crippen molar-refractivity contribution in [2.24, 2.45) is 0 Å². The number of carbonyl (C=O) groups is 1. The van der Waals surface area contributed by atoms with E-state index in [9.17, 15) is 54.8 Å². The molecule has 1 amide bonds. The van der Waals surface area contributed by atoms with Gasteiger partial charge >= 0.3 is 13.3 Å². The number of amides is 1. The van der Waals surface area contributed by atoms with E-state index < -0.39 is 112 Å². The number of nitrogens with one attached hydrogen (secondary N) is 1. The van der Waals surface area contributed by atoms with Crippen molar-refractivity contribution in [3.05, 3.63) is 22.7 Å². The molecule has 18 nitrogen and oxygen atoms in total. The van der Waals surface area contributed by atoms with Gasteiger partial charge < -0.3 is 65.7 Å². The van der Waals surface area contributed by atoms with Gasteiger partial charge in [0.05, 0.1) is 43.7 Å². The van der Waals surface area contributed by atoms with Crippen LogP contribution in [0.4, 0.5) is 5.82 Å². The van der Waals surface area contributed by atoms with Crippen molar-refractivity contribution < 1.29 is 64.0 Å². The minimum absolute atomic E-state index is 0.0773. The van der Waals surface area contributed by atoms with Gasteiger partial charge in [-0.3, -0.25) is 13.9 Å². The van der Waals surface area contributed by atoms with Crippen molar-refractivity contribution >= 4 is 19.3 Å². The molecule has 1 aromatic heterocycles. The minimum atomic E-state index is -4.51. The van der Waals surface area contributed by atoms with Gasteiger partial charge in [0.2, 0.25) is 5.91 Å². The van der Waals surface area contributed by atoms with Crippen molar-refractivity contribution in [2.75, 3.05) is 31.7 Å². The van der Waals surface area contributed by atoms with E-state index in [-0.39, 0.29) is 12.2 Å². The van der Waals surface area contributed by atoms with E-state index in [4.69, 9.17) is 19.7 Å². The fourth-order valence-electron chi connectivity index (χ4n) is 4.82. The molecule has 41 heavy (non-hydrogen) atoms. The van der Waals surface area contributed by atoms with Crippen LogP contribution in [0.5, 0.6) is 0 Å². The van der Waals surface area contributed by atoms with Gasteiger partial charge in [-0.2, -0.15) is 4.98 Å². The average molecular weight is 613 g/mol. The molecule has 3 heterocycles. The molecule has 0 saturated carbocycles. The minimum Gasteiger partial charge on any atom is -0.394 e. The van der Waals surface area contributed by atoms with Crippen LogP contribution in [-0.4, -0.2) is 136 Å². The molecule has 2 aliphatic rings. The molecule has 2 fully saturated rings. The number of anilines is 1. The van der Waals surface area contributed by atoms with Crippen LogP contribution in [0.25, 0.3) is 0 Å². The molecule has 11 atom stereocenters. The van der Waals surface area contributed by atoms with Gasteiger partial charge in [-0.25, -0.2) is 4.79 Å². The highest BCUT2D eigenvalue weighted by atomic mass is 31.2. The Kier molecular flexibility index (Phi) is 11.0. The number of nitrogen functional groups attached to an aromatic ring is 1. The van der Waals surface area contributed by atoms with E-state index in [1.165, 1.54) is 12.3 Å². The van der Waals surface area contributed by atoms with E-state index in [0.29, 0.717) is 0 Å². The number of ether oxygens (including phenoxy) is 2. The highest BCUT2D eigenvalue weighted by Gasteiger charge is 2.51. The Morgan fingerprint density at radius 1 is 1.32 bits per heavy atom. The second-order valence-corrected chi connectivity index (χ2v) is 12.1. The van der Waals surface area contributed by atoms with Crippen LogP contribution in [0.1, 0.15) is 26.0 Å². The Balaban J connectivity index is 1.67. The number of rotatable bonds is 12. The largest absolute Gasteiger partial charge is 0.394 e. The summed E-state index contributed by atoms with van der Waals surface area (Å²) in [5.74, 6) is -0.675. The first kappa shape index (κ1) is 33.4. The summed E-state index contributed by atoms with van der Waals surface area (Å²) in [5, 5.41) is 73.6. The lowest BCUT2D eigenvalue weighted by molar-refractivity contribution is -0.232. The molecular weight excluding hydrogens is 575 g/mol. The second kappa shape index (κ2) is 13.5. The third kappa shape index (κ3) is 7.86. The maximum absolute atomic E-state index is 12.8. The molecule has 3 rings (SSSR count). The summed E-state index contributed by atoms with van der Waals surface area (Å²) in [5.41, 5.74) is 2.85. The summed E-state index contributed by atoms with van der Waals surface area (Å²) in [6.07, 6.45) is -12.7. The summed E-state index contributed by atoms with van der Waals surface area (Å²) in [6, 6.07) is 0.0215. The molecule has 2 aliphatic heterocycles. The smallest absolute Gasteiger partial charge is 0.351 e. The number of nitrogens with two attached hydrogens (primary N) is 1. The van der Waals surface area contributed by atoms with E-state index in [0.717, 1.165) is 11.5 Å². The quantitative estimate of drug-likeness (QED) is 0.0990. The first-order valence-electron chi connectivity index (χ1n) is 12.7. The van der Waals surface area contributed by atoms with Gasteiger partial charge in [0.25, 0.3) is 0 Å². The van der Waals surface area contributed by atoms with Crippen molar-refractivity contribution in [1.29, 1.82) is 0 Å². The van der Waals surface area contributed by atoms with Gasteiger partial charge in [-0.05, 0) is 12.5 Å². The van der Waals surface area contributed by atoms with Crippen LogP contribution in [0, 0.1) is 0 Å². The van der Waals surface area contributed by atoms with Gasteiger partial charge in [0.1, 0.15) is 42.4 Å². The zero-order valence-electron chi connectivity index (χ0n) is 22.0. The topological polar surface area (TPSA) is 297 Å². The zero-order chi connectivity index (χ0) is 30.7. The summed E-state index contributed by atoms with van der Waals surface area (Å²) in [6.45, 7) is -1.24. The fraction of sp³-hybridized carbons (Fsp3) is 0.773. The standard InChI is InChI=1S/C22H37N4O14P/c1-10(29)24-15-11(30)6-22(9-28,40-19(15)16(32)12(31)7-27)3-5-41(36,37)38-8-13-17(33)18(34)20(39-13)26-4-2-14(23)25-21(26)35/h2,4,11-13,15-20,27-28,30-34H,3,5-9H2,1H3,(H,24,29)(H,36,37)(H2,23,25,35)/t11-,12+,13+,15+,16+,17+,18+,19+,20+,22?/m0/s1. The van der Waals surface area contributed by atoms with Crippen molar-refractivity contribution in [3.8, 4) is 0 Å². The van der Waals surface area contributed by atoms with E-state index >= 15 is 0 Å². The van der Waals surface area contributed by atoms with Crippen molar-refractivity contribution in [3.63, 3.8) is 0 Å². The number of aliphatic hydroxyl groups is 7. The number of nitrogens with zero attached hydrogens (tertiary/aromatic N) is 2. The Labute approximate surface area is 233 Å². The lowest BCUT2D eigenvalue weighted by atomic mass is 9.82.